The number of nitrogens with zero attached hydrogens (tertiary/aromatic N) is 2. The van der Waals surface area contributed by atoms with E-state index in [1.807, 2.05) is 30.5 Å². The molecule has 1 aliphatic rings. The van der Waals surface area contributed by atoms with Crippen LogP contribution in [-0.2, 0) is 18.6 Å². The lowest BCUT2D eigenvalue weighted by Crippen LogP contribution is -2.25. The maximum atomic E-state index is 10.1. The van der Waals surface area contributed by atoms with Gasteiger partial charge in [-0.15, -0.1) is 0 Å². The molecule has 110 valence electrons. The summed E-state index contributed by atoms with van der Waals surface area (Å²) in [5.74, 6) is 0.588. The fourth-order valence-corrected chi connectivity index (χ4v) is 2.40. The normalized spacial score (nSPS) is 14.6. The topological polar surface area (TPSA) is 70.1 Å². The molecular weight excluding hydrogens is 264 g/mol. The van der Waals surface area contributed by atoms with Crippen molar-refractivity contribution < 1.29 is 5.11 Å². The Labute approximate surface area is 124 Å². The van der Waals surface area contributed by atoms with Gasteiger partial charge in [0, 0.05) is 18.4 Å². The van der Waals surface area contributed by atoms with Crippen LogP contribution in [-0.4, -0.2) is 21.6 Å². The second-order valence-corrected chi connectivity index (χ2v) is 5.86. The Morgan fingerprint density at radius 1 is 1.33 bits per heavy atom. The summed E-state index contributed by atoms with van der Waals surface area (Å²) >= 11 is 0. The molecule has 0 atom stereocenters. The highest BCUT2D eigenvalue weighted by Gasteiger charge is 2.16. The summed E-state index contributed by atoms with van der Waals surface area (Å²) < 4.78 is 0. The molecule has 3 rings (SSSR count). The molecule has 0 radical (unpaired) electrons. The Morgan fingerprint density at radius 3 is 3.00 bits per heavy atom. The van der Waals surface area contributed by atoms with Crippen molar-refractivity contribution in [2.75, 3.05) is 11.9 Å². The van der Waals surface area contributed by atoms with Gasteiger partial charge < -0.3 is 15.7 Å². The van der Waals surface area contributed by atoms with E-state index in [-0.39, 0.29) is 0 Å². The Balaban J connectivity index is 1.83. The molecule has 0 bridgehead atoms. The number of benzene rings is 1. The van der Waals surface area contributed by atoms with Crippen molar-refractivity contribution in [3.05, 3.63) is 47.3 Å². The van der Waals surface area contributed by atoms with Crippen LogP contribution in [0.5, 0.6) is 0 Å². The number of aliphatic hydroxyl groups is 1. The second kappa shape index (κ2) is 5.42. The van der Waals surface area contributed by atoms with E-state index in [1.54, 1.807) is 13.8 Å². The van der Waals surface area contributed by atoms with Gasteiger partial charge in [0.25, 0.3) is 0 Å². The molecule has 2 aromatic rings. The zero-order valence-electron chi connectivity index (χ0n) is 12.3. The quantitative estimate of drug-likeness (QED) is 0.805. The van der Waals surface area contributed by atoms with Gasteiger partial charge in [0.15, 0.2) is 0 Å². The van der Waals surface area contributed by atoms with Crippen molar-refractivity contribution in [3.8, 4) is 0 Å². The van der Waals surface area contributed by atoms with E-state index in [1.165, 1.54) is 5.56 Å². The zero-order valence-corrected chi connectivity index (χ0v) is 12.3. The first kappa shape index (κ1) is 14.0. The lowest BCUT2D eigenvalue weighted by molar-refractivity contribution is 0.0786. The van der Waals surface area contributed by atoms with Crippen LogP contribution in [0.25, 0.3) is 0 Å². The first-order valence-electron chi connectivity index (χ1n) is 7.18. The minimum atomic E-state index is -0.863. The summed E-state index contributed by atoms with van der Waals surface area (Å²) in [4.78, 5) is 8.92. The number of hydrogen-bond donors (Lipinski definition) is 3. The molecule has 0 spiro atoms. The lowest BCUT2D eigenvalue weighted by Gasteiger charge is -2.19. The summed E-state index contributed by atoms with van der Waals surface area (Å²) in [6.45, 7) is 5.31. The predicted molar refractivity (Wildman–Crippen MR) is 82.4 cm³/mol. The molecule has 0 unspecified atom stereocenters. The van der Waals surface area contributed by atoms with Crippen LogP contribution in [0.2, 0.25) is 0 Å². The van der Waals surface area contributed by atoms with Crippen LogP contribution >= 0.6 is 0 Å². The molecule has 0 amide bonds. The molecule has 1 aromatic carbocycles. The first-order chi connectivity index (χ1) is 10.0. The molecule has 1 aromatic heterocycles. The number of fused-ring (bicyclic) bond motifs is 1. The molecule has 5 heteroatoms. The number of hydrogen-bond acceptors (Lipinski definition) is 5. The van der Waals surface area contributed by atoms with E-state index in [0.717, 1.165) is 36.5 Å². The van der Waals surface area contributed by atoms with Crippen LogP contribution in [0.3, 0.4) is 0 Å². The molecular formula is C16H20N4O. The second-order valence-electron chi connectivity index (χ2n) is 5.86. The average Bonchev–Trinajstić information content (AvgIpc) is 2.46. The van der Waals surface area contributed by atoms with E-state index in [4.69, 9.17) is 0 Å². The highest BCUT2D eigenvalue weighted by molar-refractivity contribution is 5.55. The highest BCUT2D eigenvalue weighted by Crippen LogP contribution is 2.24. The monoisotopic (exact) mass is 284 g/mol. The van der Waals surface area contributed by atoms with Crippen LogP contribution in [0.1, 0.15) is 30.7 Å². The van der Waals surface area contributed by atoms with E-state index >= 15 is 0 Å². The van der Waals surface area contributed by atoms with Crippen molar-refractivity contribution in [3.63, 3.8) is 0 Å². The van der Waals surface area contributed by atoms with Gasteiger partial charge in [-0.1, -0.05) is 12.1 Å². The molecule has 0 saturated carbocycles. The molecule has 21 heavy (non-hydrogen) atoms. The number of aromatic nitrogens is 2. The summed E-state index contributed by atoms with van der Waals surface area (Å²) in [6.07, 6.45) is 2.87. The maximum Gasteiger partial charge on any atom is 0.227 e. The molecule has 2 heterocycles. The third-order valence-corrected chi connectivity index (χ3v) is 3.64. The van der Waals surface area contributed by atoms with Crippen LogP contribution in [0, 0.1) is 0 Å². The first-order valence-corrected chi connectivity index (χ1v) is 7.18. The Morgan fingerprint density at radius 2 is 2.19 bits per heavy atom. The van der Waals surface area contributed by atoms with Gasteiger partial charge >= 0.3 is 0 Å². The summed E-state index contributed by atoms with van der Waals surface area (Å²) in [6, 6.07) is 7.68. The van der Waals surface area contributed by atoms with Gasteiger partial charge in [0.05, 0.1) is 11.3 Å². The van der Waals surface area contributed by atoms with Gasteiger partial charge in [-0.05, 0) is 50.1 Å². The maximum absolute atomic E-state index is 10.1. The Hall–Kier alpha value is -1.98. The van der Waals surface area contributed by atoms with E-state index in [9.17, 15) is 5.11 Å². The standard InChI is InChI=1S/C16H20N4O/c1-16(2,21)12-4-3-5-13(8-12)19-15-18-9-11-6-7-17-10-14(11)20-15/h3-5,8-9,17,21H,6-7,10H2,1-2H3,(H,18,19,20). The summed E-state index contributed by atoms with van der Waals surface area (Å²) in [5.41, 5.74) is 3.13. The number of nitrogens with one attached hydrogen (secondary N) is 2. The molecule has 0 aliphatic carbocycles. The van der Waals surface area contributed by atoms with Crippen molar-refractivity contribution >= 4 is 11.6 Å². The van der Waals surface area contributed by atoms with Crippen molar-refractivity contribution in [2.24, 2.45) is 0 Å². The fraction of sp³-hybridized carbons (Fsp3) is 0.375. The highest BCUT2D eigenvalue weighted by atomic mass is 16.3. The minimum absolute atomic E-state index is 0.588. The van der Waals surface area contributed by atoms with Crippen LogP contribution in [0.4, 0.5) is 11.6 Å². The molecule has 1 aliphatic heterocycles. The predicted octanol–water partition coefficient (Wildman–Crippen LogP) is 2.09. The third kappa shape index (κ3) is 3.20. The van der Waals surface area contributed by atoms with Gasteiger partial charge in [0.2, 0.25) is 5.95 Å². The van der Waals surface area contributed by atoms with Crippen molar-refractivity contribution in [1.29, 1.82) is 0 Å². The zero-order chi connectivity index (χ0) is 14.9. The van der Waals surface area contributed by atoms with Crippen molar-refractivity contribution in [2.45, 2.75) is 32.4 Å². The summed E-state index contributed by atoms with van der Waals surface area (Å²) in [5, 5.41) is 16.6. The third-order valence-electron chi connectivity index (χ3n) is 3.64. The van der Waals surface area contributed by atoms with Crippen molar-refractivity contribution in [1.82, 2.24) is 15.3 Å². The van der Waals surface area contributed by atoms with Gasteiger partial charge in [-0.25, -0.2) is 9.97 Å². The largest absolute Gasteiger partial charge is 0.386 e. The van der Waals surface area contributed by atoms with E-state index in [2.05, 4.69) is 20.6 Å². The smallest absolute Gasteiger partial charge is 0.227 e. The Kier molecular flexibility index (Phi) is 3.61. The molecule has 3 N–H and O–H groups in total. The van der Waals surface area contributed by atoms with Gasteiger partial charge in [-0.2, -0.15) is 0 Å². The molecule has 0 fully saturated rings. The van der Waals surface area contributed by atoms with Crippen LogP contribution < -0.4 is 10.6 Å². The SMILES string of the molecule is CC(C)(O)c1cccc(Nc2ncc3c(n2)CNCC3)c1. The minimum Gasteiger partial charge on any atom is -0.386 e. The number of anilines is 2. The van der Waals surface area contributed by atoms with Crippen LogP contribution in [0.15, 0.2) is 30.5 Å². The molecule has 5 nitrogen and oxygen atoms in total. The van der Waals surface area contributed by atoms with E-state index < -0.39 is 5.60 Å². The number of rotatable bonds is 3. The van der Waals surface area contributed by atoms with Gasteiger partial charge in [0.1, 0.15) is 0 Å². The van der Waals surface area contributed by atoms with Gasteiger partial charge in [-0.3, -0.25) is 0 Å². The Bertz CT molecular complexity index is 649. The lowest BCUT2D eigenvalue weighted by atomic mass is 9.98. The average molecular weight is 284 g/mol. The van der Waals surface area contributed by atoms with E-state index in [0.29, 0.717) is 5.95 Å². The summed E-state index contributed by atoms with van der Waals surface area (Å²) in [7, 11) is 0. The fourth-order valence-electron chi connectivity index (χ4n) is 2.40. The molecule has 0 saturated heterocycles.